The highest BCUT2D eigenvalue weighted by Gasteiger charge is 1.72. The largest absolute Gasteiger partial charge is 0.384 e. The number of methoxy groups -OCH3 is 1. The highest BCUT2D eigenvalue weighted by Crippen LogP contribution is 1.75. The number of hydrogen-bond donors (Lipinski definition) is 1. The fraction of sp³-hybridized carbons (Fsp3) is 0.600. The van der Waals surface area contributed by atoms with Gasteiger partial charge in [-0.3, -0.25) is 5.41 Å². The van der Waals surface area contributed by atoms with Crippen LogP contribution in [-0.4, -0.2) is 19.6 Å². The summed E-state index contributed by atoms with van der Waals surface area (Å²) in [4.78, 5) is 0. The molecule has 0 aliphatic carbocycles. The molecule has 2 nitrogen and oxygen atoms in total. The molecular weight excluding hydrogens is 90.1 g/mol. The van der Waals surface area contributed by atoms with Crippen LogP contribution in [0.1, 0.15) is 6.42 Å². The van der Waals surface area contributed by atoms with E-state index in [0.717, 1.165) is 6.42 Å². The minimum Gasteiger partial charge on any atom is -0.384 e. The summed E-state index contributed by atoms with van der Waals surface area (Å²) in [5.41, 5.74) is 0. The summed E-state index contributed by atoms with van der Waals surface area (Å²) in [6.45, 7) is 0.686. The van der Waals surface area contributed by atoms with E-state index in [1.54, 1.807) is 13.2 Å². The molecule has 0 heterocycles. The third-order valence-electron chi connectivity index (χ3n) is 0.568. The maximum Gasteiger partial charge on any atom is 0.0503 e. The molecule has 0 rings (SSSR count). The smallest absolute Gasteiger partial charge is 0.0503 e. The fourth-order valence-corrected chi connectivity index (χ4v) is 0.249. The molecule has 2 heteroatoms. The first kappa shape index (κ1) is 6.41. The van der Waals surface area contributed by atoms with Gasteiger partial charge in [0.2, 0.25) is 0 Å². The van der Waals surface area contributed by atoms with Crippen LogP contribution in [-0.2, 0) is 4.74 Å². The van der Waals surface area contributed by atoms with Crippen molar-refractivity contribution in [2.45, 2.75) is 6.42 Å². The van der Waals surface area contributed by atoms with Gasteiger partial charge in [-0.25, -0.2) is 0 Å². The van der Waals surface area contributed by atoms with Gasteiger partial charge < -0.3 is 4.74 Å². The first-order valence-corrected chi connectivity index (χ1v) is 2.14. The van der Waals surface area contributed by atoms with Gasteiger partial charge in [-0.2, -0.15) is 0 Å². The predicted molar refractivity (Wildman–Crippen MR) is 28.8 cm³/mol. The Hall–Kier alpha value is -0.590. The van der Waals surface area contributed by atoms with Crippen molar-refractivity contribution in [3.05, 3.63) is 6.08 Å². The van der Waals surface area contributed by atoms with Crippen molar-refractivity contribution < 1.29 is 4.74 Å². The Morgan fingerprint density at radius 1 is 1.86 bits per heavy atom. The molecule has 0 aliphatic rings. The van der Waals surface area contributed by atoms with Crippen molar-refractivity contribution in [2.24, 2.45) is 0 Å². The second kappa shape index (κ2) is 5.41. The van der Waals surface area contributed by atoms with Gasteiger partial charge in [0, 0.05) is 7.11 Å². The lowest BCUT2D eigenvalue weighted by Gasteiger charge is -1.85. The van der Waals surface area contributed by atoms with Crippen LogP contribution < -0.4 is 0 Å². The quantitative estimate of drug-likeness (QED) is 0.412. The summed E-state index contributed by atoms with van der Waals surface area (Å²) >= 11 is 0. The van der Waals surface area contributed by atoms with Crippen LogP contribution in [0, 0.1) is 5.41 Å². The summed E-state index contributed by atoms with van der Waals surface area (Å²) in [6, 6.07) is 0. The molecule has 0 saturated carbocycles. The molecule has 0 atom stereocenters. The lowest BCUT2D eigenvalue weighted by atomic mass is 10.4. The average Bonchev–Trinajstić information content (AvgIpc) is 1.69. The van der Waals surface area contributed by atoms with E-state index in [4.69, 9.17) is 5.41 Å². The van der Waals surface area contributed by atoms with E-state index in [2.05, 4.69) is 10.6 Å². The Balaban J connectivity index is 2.83. The van der Waals surface area contributed by atoms with Crippen molar-refractivity contribution in [2.75, 3.05) is 13.7 Å². The monoisotopic (exact) mass is 99.1 g/mol. The van der Waals surface area contributed by atoms with Gasteiger partial charge in [0.25, 0.3) is 0 Å². The first-order valence-electron chi connectivity index (χ1n) is 2.14. The molecule has 0 aliphatic heterocycles. The molecule has 0 aromatic rings. The maximum atomic E-state index is 6.42. The van der Waals surface area contributed by atoms with Gasteiger partial charge >= 0.3 is 0 Å². The van der Waals surface area contributed by atoms with Crippen LogP contribution in [0.5, 0.6) is 0 Å². The van der Waals surface area contributed by atoms with Gasteiger partial charge in [-0.1, -0.05) is 0 Å². The number of nitrogens with one attached hydrogen (secondary N) is 1. The Morgan fingerprint density at radius 3 is 3.00 bits per heavy atom. The predicted octanol–water partition coefficient (Wildman–Crippen LogP) is 0.828. The maximum absolute atomic E-state index is 6.42. The number of hydrogen-bond acceptors (Lipinski definition) is 2. The Bertz CT molecular complexity index is 74.1. The second-order valence-corrected chi connectivity index (χ2v) is 1.13. The van der Waals surface area contributed by atoms with Crippen LogP contribution in [0.4, 0.5) is 0 Å². The molecule has 0 bridgehead atoms. The third-order valence-corrected chi connectivity index (χ3v) is 0.568. The Kier molecular flexibility index (Phi) is 4.95. The second-order valence-electron chi connectivity index (χ2n) is 1.13. The molecule has 0 saturated heterocycles. The minimum atomic E-state index is 0.686. The number of rotatable bonds is 3. The Labute approximate surface area is 43.3 Å². The first-order chi connectivity index (χ1) is 3.41. The van der Waals surface area contributed by atoms with E-state index in [9.17, 15) is 0 Å². The summed E-state index contributed by atoms with van der Waals surface area (Å²) in [7, 11) is 1.64. The van der Waals surface area contributed by atoms with Crippen LogP contribution in [0.2, 0.25) is 0 Å². The van der Waals surface area contributed by atoms with E-state index in [0.29, 0.717) is 6.61 Å². The Morgan fingerprint density at radius 2 is 2.57 bits per heavy atom. The standard InChI is InChI=1S/C5H9NO/c1-7-5-3-2-4-6/h2,6H,3,5H2,1H3. The van der Waals surface area contributed by atoms with Crippen LogP contribution in [0.15, 0.2) is 6.08 Å². The lowest BCUT2D eigenvalue weighted by molar-refractivity contribution is 0.204. The van der Waals surface area contributed by atoms with Crippen molar-refractivity contribution in [3.63, 3.8) is 0 Å². The van der Waals surface area contributed by atoms with E-state index >= 15 is 0 Å². The molecule has 40 valence electrons. The zero-order chi connectivity index (χ0) is 5.54. The zero-order valence-corrected chi connectivity index (χ0v) is 4.40. The molecule has 0 radical (unpaired) electrons. The van der Waals surface area contributed by atoms with Crippen LogP contribution >= 0.6 is 0 Å². The van der Waals surface area contributed by atoms with Gasteiger partial charge in [0.15, 0.2) is 0 Å². The molecule has 1 N–H and O–H groups in total. The molecule has 0 fully saturated rings. The van der Waals surface area contributed by atoms with Gasteiger partial charge in [0.05, 0.1) is 6.61 Å². The molecule has 0 spiro atoms. The minimum absolute atomic E-state index is 0.686. The highest BCUT2D eigenvalue weighted by atomic mass is 16.5. The van der Waals surface area contributed by atoms with Crippen molar-refractivity contribution in [1.82, 2.24) is 0 Å². The van der Waals surface area contributed by atoms with E-state index < -0.39 is 0 Å². The van der Waals surface area contributed by atoms with Gasteiger partial charge in [0.1, 0.15) is 0 Å². The highest BCUT2D eigenvalue weighted by molar-refractivity contribution is 5.46. The average molecular weight is 99.1 g/mol. The van der Waals surface area contributed by atoms with Crippen LogP contribution in [0.3, 0.4) is 0 Å². The summed E-state index contributed by atoms with van der Waals surface area (Å²) in [6.07, 6.45) is 2.42. The summed E-state index contributed by atoms with van der Waals surface area (Å²) < 4.78 is 4.69. The van der Waals surface area contributed by atoms with Crippen LogP contribution in [0.25, 0.3) is 0 Å². The van der Waals surface area contributed by atoms with Crippen molar-refractivity contribution in [3.8, 4) is 0 Å². The van der Waals surface area contributed by atoms with Gasteiger partial charge in [-0.05, 0) is 18.4 Å². The lowest BCUT2D eigenvalue weighted by Crippen LogP contribution is -1.82. The normalized spacial score (nSPS) is 7.57. The van der Waals surface area contributed by atoms with E-state index in [1.807, 2.05) is 0 Å². The fourth-order valence-electron chi connectivity index (χ4n) is 0.249. The SMILES string of the molecule is COCCC=C=N. The van der Waals surface area contributed by atoms with Gasteiger partial charge in [-0.15, -0.1) is 0 Å². The van der Waals surface area contributed by atoms with E-state index in [-0.39, 0.29) is 0 Å². The topological polar surface area (TPSA) is 33.1 Å². The van der Waals surface area contributed by atoms with E-state index in [1.165, 1.54) is 0 Å². The summed E-state index contributed by atoms with van der Waals surface area (Å²) in [5, 5.41) is 6.42. The molecule has 0 unspecified atom stereocenters. The third kappa shape index (κ3) is 5.41. The summed E-state index contributed by atoms with van der Waals surface area (Å²) in [5.74, 6) is 2.15. The van der Waals surface area contributed by atoms with Crippen molar-refractivity contribution in [1.29, 1.82) is 5.41 Å². The molecule has 0 aromatic heterocycles. The van der Waals surface area contributed by atoms with Crippen molar-refractivity contribution >= 4 is 5.87 Å². The zero-order valence-electron chi connectivity index (χ0n) is 4.40. The molecular formula is C5H9NO. The molecule has 0 amide bonds. The molecule has 7 heavy (non-hydrogen) atoms. The molecule has 0 aromatic carbocycles. The number of ether oxygens (including phenoxy) is 1.